The summed E-state index contributed by atoms with van der Waals surface area (Å²) in [6, 6.07) is 16.4. The number of nitrogens with zero attached hydrogens (tertiary/aromatic N) is 3. The summed E-state index contributed by atoms with van der Waals surface area (Å²) in [6.45, 7) is 0. The van der Waals surface area contributed by atoms with Crippen LogP contribution in [0, 0.1) is 10.1 Å². The summed E-state index contributed by atoms with van der Waals surface area (Å²) in [6.07, 6.45) is 1.30. The van der Waals surface area contributed by atoms with Gasteiger partial charge in [0, 0.05) is 27.6 Å². The minimum Gasteiger partial charge on any atom is -0.497 e. The molecule has 3 aromatic carbocycles. The summed E-state index contributed by atoms with van der Waals surface area (Å²) < 4.78 is 16.1. The molecule has 0 aliphatic carbocycles. The zero-order chi connectivity index (χ0) is 27.2. The fraction of sp³-hybridized carbons (Fsp3) is 0.0800. The molecule has 0 saturated carbocycles. The Labute approximate surface area is 229 Å². The SMILES string of the molecule is COc1cc(OC)cc(-c2nnc(S/C(=C/c3ccc(Sc4ccc(Cl)cc4)c([N+](=O)[O-])c3)C(=O)O)o2)c1. The van der Waals surface area contributed by atoms with Crippen molar-refractivity contribution in [2.24, 2.45) is 0 Å². The lowest BCUT2D eigenvalue weighted by atomic mass is 10.2. The van der Waals surface area contributed by atoms with Gasteiger partial charge in [-0.15, -0.1) is 10.2 Å². The number of ether oxygens (including phenoxy) is 2. The number of thioether (sulfide) groups is 1. The summed E-state index contributed by atoms with van der Waals surface area (Å²) >= 11 is 7.83. The Morgan fingerprint density at radius 2 is 1.74 bits per heavy atom. The van der Waals surface area contributed by atoms with E-state index in [2.05, 4.69) is 10.2 Å². The standard InChI is InChI=1S/C25H18ClN3O7S2/c1-34-17-11-15(12-18(13-17)35-2)23-27-28-25(36-23)38-22(24(30)31)10-14-3-8-21(20(9-14)29(32)33)37-19-6-4-16(26)5-7-19/h3-13H,1-2H3,(H,30,31)/b22-10+. The summed E-state index contributed by atoms with van der Waals surface area (Å²) in [4.78, 5) is 24.2. The van der Waals surface area contributed by atoms with Crippen LogP contribution in [0.5, 0.6) is 11.5 Å². The first-order valence-corrected chi connectivity index (χ1v) is 12.7. The van der Waals surface area contributed by atoms with Gasteiger partial charge in [0.15, 0.2) is 0 Å². The van der Waals surface area contributed by atoms with Gasteiger partial charge in [-0.25, -0.2) is 4.79 Å². The molecule has 0 spiro atoms. The molecule has 13 heteroatoms. The number of aromatic nitrogens is 2. The van der Waals surface area contributed by atoms with Crippen LogP contribution in [0.1, 0.15) is 5.56 Å². The van der Waals surface area contributed by atoms with Gasteiger partial charge in [0.25, 0.3) is 10.9 Å². The number of aliphatic carboxylic acids is 1. The van der Waals surface area contributed by atoms with E-state index in [0.29, 0.717) is 32.5 Å². The van der Waals surface area contributed by atoms with E-state index < -0.39 is 10.9 Å². The second-order valence-corrected chi connectivity index (χ2v) is 9.98. The first kappa shape index (κ1) is 27.0. The fourth-order valence-electron chi connectivity index (χ4n) is 3.16. The Hall–Kier alpha value is -4.00. The van der Waals surface area contributed by atoms with E-state index in [1.807, 2.05) is 0 Å². The normalized spacial score (nSPS) is 11.3. The number of carboxylic acids is 1. The number of halogens is 1. The van der Waals surface area contributed by atoms with Crippen molar-refractivity contribution in [3.63, 3.8) is 0 Å². The van der Waals surface area contributed by atoms with Crippen LogP contribution in [0.2, 0.25) is 5.02 Å². The van der Waals surface area contributed by atoms with E-state index >= 15 is 0 Å². The van der Waals surface area contributed by atoms with Crippen molar-refractivity contribution in [3.05, 3.63) is 86.3 Å². The Balaban J connectivity index is 1.59. The van der Waals surface area contributed by atoms with Crippen molar-refractivity contribution in [2.45, 2.75) is 15.0 Å². The second-order valence-electron chi connectivity index (χ2n) is 7.43. The molecule has 4 rings (SSSR count). The average Bonchev–Trinajstić information content (AvgIpc) is 3.38. The molecule has 194 valence electrons. The van der Waals surface area contributed by atoms with E-state index in [4.69, 9.17) is 25.5 Å². The minimum absolute atomic E-state index is 0.0279. The highest BCUT2D eigenvalue weighted by atomic mass is 35.5. The first-order valence-electron chi connectivity index (χ1n) is 10.7. The molecule has 1 N–H and O–H groups in total. The summed E-state index contributed by atoms with van der Waals surface area (Å²) in [5, 5.41) is 29.9. The molecule has 0 unspecified atom stereocenters. The van der Waals surface area contributed by atoms with Crippen LogP contribution in [0.25, 0.3) is 17.5 Å². The van der Waals surface area contributed by atoms with Crippen LogP contribution in [0.15, 0.2) is 85.0 Å². The maximum atomic E-state index is 11.9. The number of carboxylic acid groups (broad SMARTS) is 1. The van der Waals surface area contributed by atoms with Crippen molar-refractivity contribution < 1.29 is 28.7 Å². The lowest BCUT2D eigenvalue weighted by Gasteiger charge is -2.06. The number of methoxy groups -OCH3 is 2. The second kappa shape index (κ2) is 12.0. The molecule has 1 heterocycles. The van der Waals surface area contributed by atoms with E-state index in [1.165, 1.54) is 38.1 Å². The Bertz CT molecular complexity index is 1500. The quantitative estimate of drug-likeness (QED) is 0.0942. The van der Waals surface area contributed by atoms with Gasteiger partial charge in [-0.2, -0.15) is 0 Å². The fourth-order valence-corrected chi connectivity index (χ4v) is 4.86. The first-order chi connectivity index (χ1) is 18.2. The number of rotatable bonds is 10. The predicted molar refractivity (Wildman–Crippen MR) is 143 cm³/mol. The molecule has 0 fully saturated rings. The Morgan fingerprint density at radius 1 is 1.05 bits per heavy atom. The van der Waals surface area contributed by atoms with Gasteiger partial charge in [-0.3, -0.25) is 10.1 Å². The molecule has 0 atom stereocenters. The van der Waals surface area contributed by atoms with Crippen LogP contribution in [0.4, 0.5) is 5.69 Å². The summed E-state index contributed by atoms with van der Waals surface area (Å²) in [5.41, 5.74) is 0.672. The van der Waals surface area contributed by atoms with Gasteiger partial charge >= 0.3 is 5.97 Å². The maximum Gasteiger partial charge on any atom is 0.342 e. The third kappa shape index (κ3) is 6.65. The van der Waals surface area contributed by atoms with Crippen molar-refractivity contribution in [3.8, 4) is 23.0 Å². The molecule has 10 nitrogen and oxygen atoms in total. The van der Waals surface area contributed by atoms with Gasteiger partial charge < -0.3 is 19.0 Å². The third-order valence-electron chi connectivity index (χ3n) is 4.93. The number of carbonyl (C=O) groups is 1. The third-order valence-corrected chi connectivity index (χ3v) is 7.11. The van der Waals surface area contributed by atoms with Crippen molar-refractivity contribution >= 4 is 52.9 Å². The zero-order valence-electron chi connectivity index (χ0n) is 19.8. The van der Waals surface area contributed by atoms with Crippen LogP contribution >= 0.6 is 35.1 Å². The van der Waals surface area contributed by atoms with E-state index in [1.54, 1.807) is 54.6 Å². The van der Waals surface area contributed by atoms with Crippen LogP contribution in [-0.4, -0.2) is 40.4 Å². The van der Waals surface area contributed by atoms with Crippen molar-refractivity contribution in [1.82, 2.24) is 10.2 Å². The molecule has 0 aliphatic heterocycles. The highest BCUT2D eigenvalue weighted by Crippen LogP contribution is 2.37. The Kier molecular flexibility index (Phi) is 8.56. The highest BCUT2D eigenvalue weighted by Gasteiger charge is 2.19. The molecular formula is C25H18ClN3O7S2. The summed E-state index contributed by atoms with van der Waals surface area (Å²) in [7, 11) is 3.01. The maximum absolute atomic E-state index is 11.9. The molecule has 0 bridgehead atoms. The smallest absolute Gasteiger partial charge is 0.342 e. The van der Waals surface area contributed by atoms with Crippen LogP contribution in [0.3, 0.4) is 0 Å². The van der Waals surface area contributed by atoms with Gasteiger partial charge in [-0.05, 0) is 65.9 Å². The van der Waals surface area contributed by atoms with E-state index in [0.717, 1.165) is 16.7 Å². The minimum atomic E-state index is -1.26. The van der Waals surface area contributed by atoms with E-state index in [-0.39, 0.29) is 21.7 Å². The molecule has 4 aromatic rings. The van der Waals surface area contributed by atoms with Gasteiger partial charge in [0.1, 0.15) is 16.4 Å². The molecular weight excluding hydrogens is 554 g/mol. The molecule has 0 amide bonds. The zero-order valence-corrected chi connectivity index (χ0v) is 22.2. The highest BCUT2D eigenvalue weighted by molar-refractivity contribution is 8.03. The molecule has 1 aromatic heterocycles. The summed E-state index contributed by atoms with van der Waals surface area (Å²) in [5.74, 6) is -0.108. The number of hydrogen-bond donors (Lipinski definition) is 1. The van der Waals surface area contributed by atoms with Crippen molar-refractivity contribution in [1.29, 1.82) is 0 Å². The lowest BCUT2D eigenvalue weighted by Crippen LogP contribution is -1.97. The molecule has 0 aliphatic rings. The van der Waals surface area contributed by atoms with Gasteiger partial charge in [0.2, 0.25) is 5.89 Å². The number of benzene rings is 3. The van der Waals surface area contributed by atoms with Crippen LogP contribution < -0.4 is 9.47 Å². The molecule has 0 radical (unpaired) electrons. The van der Waals surface area contributed by atoms with E-state index in [9.17, 15) is 20.0 Å². The molecule has 0 saturated heterocycles. The largest absolute Gasteiger partial charge is 0.497 e. The monoisotopic (exact) mass is 571 g/mol. The average molecular weight is 572 g/mol. The van der Waals surface area contributed by atoms with Gasteiger partial charge in [0.05, 0.1) is 24.0 Å². The lowest BCUT2D eigenvalue weighted by molar-refractivity contribution is -0.387. The topological polar surface area (TPSA) is 138 Å². The van der Waals surface area contributed by atoms with Crippen LogP contribution in [-0.2, 0) is 4.79 Å². The van der Waals surface area contributed by atoms with Gasteiger partial charge in [-0.1, -0.05) is 29.4 Å². The number of hydrogen-bond acceptors (Lipinski definition) is 10. The Morgan fingerprint density at radius 3 is 2.34 bits per heavy atom. The van der Waals surface area contributed by atoms with Crippen molar-refractivity contribution in [2.75, 3.05) is 14.2 Å². The number of nitro groups is 1. The predicted octanol–water partition coefficient (Wildman–Crippen LogP) is 6.68. The molecule has 38 heavy (non-hydrogen) atoms. The number of nitro benzene ring substituents is 1.